The summed E-state index contributed by atoms with van der Waals surface area (Å²) >= 11 is 0. The third kappa shape index (κ3) is 2.72. The van der Waals surface area contributed by atoms with Crippen LogP contribution in [-0.2, 0) is 6.54 Å². The van der Waals surface area contributed by atoms with Crippen molar-refractivity contribution in [1.82, 2.24) is 14.9 Å². The normalized spacial score (nSPS) is 15.6. The van der Waals surface area contributed by atoms with Gasteiger partial charge in [-0.1, -0.05) is 0 Å². The van der Waals surface area contributed by atoms with Gasteiger partial charge in [0, 0.05) is 45.1 Å². The highest BCUT2D eigenvalue weighted by Gasteiger charge is 2.20. The minimum absolute atomic E-state index is 0.796. The van der Waals surface area contributed by atoms with Gasteiger partial charge in [0.2, 0.25) is 5.95 Å². The summed E-state index contributed by atoms with van der Waals surface area (Å²) in [7, 11) is 2.10. The number of nitrogens with one attached hydrogen (secondary N) is 1. The SMILES string of the molecule is CCn1ccnc1N(C)CCNC1CC1. The zero-order valence-electron chi connectivity index (χ0n) is 9.61. The molecule has 84 valence electrons. The summed E-state index contributed by atoms with van der Waals surface area (Å²) in [6, 6.07) is 0.796. The van der Waals surface area contributed by atoms with Gasteiger partial charge in [0.05, 0.1) is 0 Å². The molecule has 0 aliphatic heterocycles. The molecular weight excluding hydrogens is 188 g/mol. The molecule has 1 aliphatic carbocycles. The largest absolute Gasteiger partial charge is 0.344 e. The second kappa shape index (κ2) is 4.66. The van der Waals surface area contributed by atoms with E-state index in [2.05, 4.69) is 33.7 Å². The molecule has 15 heavy (non-hydrogen) atoms. The fourth-order valence-electron chi connectivity index (χ4n) is 1.71. The third-order valence-corrected chi connectivity index (χ3v) is 2.83. The van der Waals surface area contributed by atoms with Crippen molar-refractivity contribution >= 4 is 5.95 Å². The van der Waals surface area contributed by atoms with Crippen LogP contribution in [0, 0.1) is 0 Å². The Kier molecular flexibility index (Phi) is 3.26. The van der Waals surface area contributed by atoms with Crippen LogP contribution >= 0.6 is 0 Å². The van der Waals surface area contributed by atoms with Gasteiger partial charge >= 0.3 is 0 Å². The Bertz CT molecular complexity index is 303. The maximum Gasteiger partial charge on any atom is 0.205 e. The summed E-state index contributed by atoms with van der Waals surface area (Å²) in [4.78, 5) is 6.57. The number of likely N-dealkylation sites (N-methyl/N-ethyl adjacent to an activating group) is 1. The zero-order valence-corrected chi connectivity index (χ0v) is 9.61. The molecule has 1 heterocycles. The fraction of sp³-hybridized carbons (Fsp3) is 0.727. The van der Waals surface area contributed by atoms with E-state index in [-0.39, 0.29) is 0 Å². The predicted octanol–water partition coefficient (Wildman–Crippen LogP) is 1.09. The van der Waals surface area contributed by atoms with Crippen molar-refractivity contribution in [3.63, 3.8) is 0 Å². The molecule has 1 N–H and O–H groups in total. The first kappa shape index (κ1) is 10.5. The number of rotatable bonds is 6. The Balaban J connectivity index is 1.80. The van der Waals surface area contributed by atoms with Crippen molar-refractivity contribution in [3.8, 4) is 0 Å². The van der Waals surface area contributed by atoms with E-state index in [9.17, 15) is 0 Å². The summed E-state index contributed by atoms with van der Waals surface area (Å²) in [5, 5.41) is 3.51. The van der Waals surface area contributed by atoms with E-state index in [1.807, 2.05) is 12.4 Å². The number of aromatic nitrogens is 2. The lowest BCUT2D eigenvalue weighted by molar-refractivity contribution is 0.655. The van der Waals surface area contributed by atoms with Crippen LogP contribution < -0.4 is 10.2 Å². The van der Waals surface area contributed by atoms with E-state index < -0.39 is 0 Å². The lowest BCUT2D eigenvalue weighted by Gasteiger charge is -2.19. The molecule has 0 radical (unpaired) electrons. The third-order valence-electron chi connectivity index (χ3n) is 2.83. The molecule has 0 aromatic carbocycles. The van der Waals surface area contributed by atoms with E-state index in [0.717, 1.165) is 31.6 Å². The van der Waals surface area contributed by atoms with Gasteiger partial charge in [0.25, 0.3) is 0 Å². The second-order valence-electron chi connectivity index (χ2n) is 4.16. The molecule has 0 unspecified atom stereocenters. The first-order valence-electron chi connectivity index (χ1n) is 5.77. The smallest absolute Gasteiger partial charge is 0.205 e. The van der Waals surface area contributed by atoms with Gasteiger partial charge in [-0.15, -0.1) is 0 Å². The van der Waals surface area contributed by atoms with Crippen LogP contribution in [0.3, 0.4) is 0 Å². The van der Waals surface area contributed by atoms with Crippen molar-refractivity contribution in [1.29, 1.82) is 0 Å². The molecule has 0 spiro atoms. The number of nitrogens with zero attached hydrogens (tertiary/aromatic N) is 3. The van der Waals surface area contributed by atoms with Crippen LogP contribution in [0.4, 0.5) is 5.95 Å². The summed E-state index contributed by atoms with van der Waals surface area (Å²) < 4.78 is 2.16. The molecule has 0 saturated heterocycles. The lowest BCUT2D eigenvalue weighted by atomic mass is 10.5. The van der Waals surface area contributed by atoms with Crippen molar-refractivity contribution in [2.45, 2.75) is 32.4 Å². The maximum atomic E-state index is 4.36. The maximum absolute atomic E-state index is 4.36. The first-order chi connectivity index (χ1) is 7.31. The van der Waals surface area contributed by atoms with Crippen LogP contribution in [0.25, 0.3) is 0 Å². The lowest BCUT2D eigenvalue weighted by Crippen LogP contribution is -2.31. The topological polar surface area (TPSA) is 33.1 Å². The van der Waals surface area contributed by atoms with Crippen LogP contribution in [0.5, 0.6) is 0 Å². The van der Waals surface area contributed by atoms with E-state index in [0.29, 0.717) is 0 Å². The standard InChI is InChI=1S/C11H20N4/c1-3-15-9-7-13-11(15)14(2)8-6-12-10-4-5-10/h7,9-10,12H,3-6,8H2,1-2H3. The quantitative estimate of drug-likeness (QED) is 0.759. The molecular formula is C11H20N4. The van der Waals surface area contributed by atoms with Crippen molar-refractivity contribution < 1.29 is 0 Å². The molecule has 4 nitrogen and oxygen atoms in total. The van der Waals surface area contributed by atoms with Crippen LogP contribution in [0.2, 0.25) is 0 Å². The molecule has 1 saturated carbocycles. The first-order valence-corrected chi connectivity index (χ1v) is 5.77. The van der Waals surface area contributed by atoms with Gasteiger partial charge in [-0.05, 0) is 19.8 Å². The van der Waals surface area contributed by atoms with Crippen molar-refractivity contribution in [3.05, 3.63) is 12.4 Å². The zero-order chi connectivity index (χ0) is 10.7. The highest BCUT2D eigenvalue weighted by molar-refractivity contribution is 5.29. The Hall–Kier alpha value is -1.03. The van der Waals surface area contributed by atoms with E-state index in [4.69, 9.17) is 0 Å². The molecule has 1 aromatic rings. The Morgan fingerprint density at radius 3 is 3.07 bits per heavy atom. The average molecular weight is 208 g/mol. The minimum atomic E-state index is 0.796. The molecule has 0 amide bonds. The number of hydrogen-bond donors (Lipinski definition) is 1. The number of anilines is 1. The Labute approximate surface area is 91.3 Å². The molecule has 4 heteroatoms. The van der Waals surface area contributed by atoms with E-state index in [1.165, 1.54) is 12.8 Å². The van der Waals surface area contributed by atoms with Crippen LogP contribution in [0.1, 0.15) is 19.8 Å². The van der Waals surface area contributed by atoms with E-state index >= 15 is 0 Å². The molecule has 0 bridgehead atoms. The van der Waals surface area contributed by atoms with Crippen molar-refractivity contribution in [2.75, 3.05) is 25.0 Å². The van der Waals surface area contributed by atoms with Gasteiger partial charge in [-0.3, -0.25) is 0 Å². The number of aryl methyl sites for hydroxylation is 1. The highest BCUT2D eigenvalue weighted by Crippen LogP contribution is 2.18. The average Bonchev–Trinajstić information content (AvgIpc) is 2.94. The Morgan fingerprint density at radius 1 is 1.60 bits per heavy atom. The van der Waals surface area contributed by atoms with Crippen LogP contribution in [0.15, 0.2) is 12.4 Å². The van der Waals surface area contributed by atoms with Gasteiger partial charge in [-0.25, -0.2) is 4.98 Å². The van der Waals surface area contributed by atoms with Gasteiger partial charge in [-0.2, -0.15) is 0 Å². The van der Waals surface area contributed by atoms with Gasteiger partial charge in [0.15, 0.2) is 0 Å². The highest BCUT2D eigenvalue weighted by atomic mass is 15.3. The van der Waals surface area contributed by atoms with Crippen LogP contribution in [-0.4, -0.2) is 35.7 Å². The summed E-state index contributed by atoms with van der Waals surface area (Å²) in [6.07, 6.45) is 6.60. The van der Waals surface area contributed by atoms with Gasteiger partial charge in [0.1, 0.15) is 0 Å². The monoisotopic (exact) mass is 208 g/mol. The summed E-state index contributed by atoms with van der Waals surface area (Å²) in [6.45, 7) is 5.20. The second-order valence-corrected chi connectivity index (χ2v) is 4.16. The minimum Gasteiger partial charge on any atom is -0.344 e. The molecule has 0 atom stereocenters. The fourth-order valence-corrected chi connectivity index (χ4v) is 1.71. The molecule has 1 aliphatic rings. The van der Waals surface area contributed by atoms with E-state index in [1.54, 1.807) is 0 Å². The molecule has 1 aromatic heterocycles. The van der Waals surface area contributed by atoms with Gasteiger partial charge < -0.3 is 14.8 Å². The molecule has 2 rings (SSSR count). The summed E-state index contributed by atoms with van der Waals surface area (Å²) in [5.74, 6) is 1.06. The number of hydrogen-bond acceptors (Lipinski definition) is 3. The van der Waals surface area contributed by atoms with Crippen molar-refractivity contribution in [2.24, 2.45) is 0 Å². The summed E-state index contributed by atoms with van der Waals surface area (Å²) in [5.41, 5.74) is 0. The predicted molar refractivity (Wildman–Crippen MR) is 62.2 cm³/mol. The Morgan fingerprint density at radius 2 is 2.40 bits per heavy atom. The molecule has 1 fully saturated rings. The number of imidazole rings is 1.